The Kier molecular flexibility index (Phi) is 3.45. The molecule has 0 spiro atoms. The monoisotopic (exact) mass is 376 g/mol. The van der Waals surface area contributed by atoms with Crippen molar-refractivity contribution < 1.29 is 9.90 Å². The summed E-state index contributed by atoms with van der Waals surface area (Å²) in [6, 6.07) is 9.66. The zero-order chi connectivity index (χ0) is 18.7. The summed E-state index contributed by atoms with van der Waals surface area (Å²) in [7, 11) is 0. The standard InChI is InChI=1S/C21H16N2O3S/c1-11-14(13-4-5-18-17(8-13)22-10-27-18)6-7-23-19(11)15(12-2-3-12)9-16(20(23)24)21(25)26/h4-10,12H,2-3H2,1H3,(H,25,26). The van der Waals surface area contributed by atoms with Crippen LogP contribution in [0.5, 0.6) is 0 Å². The van der Waals surface area contributed by atoms with Crippen molar-refractivity contribution in [1.82, 2.24) is 9.38 Å². The molecule has 0 amide bonds. The summed E-state index contributed by atoms with van der Waals surface area (Å²) in [5.74, 6) is -0.847. The number of pyridine rings is 2. The van der Waals surface area contributed by atoms with Crippen LogP contribution in [0, 0.1) is 6.92 Å². The highest BCUT2D eigenvalue weighted by molar-refractivity contribution is 7.16. The molecule has 5 nitrogen and oxygen atoms in total. The van der Waals surface area contributed by atoms with Gasteiger partial charge in [0.2, 0.25) is 0 Å². The summed E-state index contributed by atoms with van der Waals surface area (Å²) < 4.78 is 2.63. The lowest BCUT2D eigenvalue weighted by Gasteiger charge is -2.15. The Labute approximate surface area is 158 Å². The van der Waals surface area contributed by atoms with Crippen LogP contribution in [0.25, 0.3) is 26.9 Å². The number of carboxylic acids is 1. The van der Waals surface area contributed by atoms with Crippen molar-refractivity contribution in [3.05, 3.63) is 69.1 Å². The van der Waals surface area contributed by atoms with Gasteiger partial charge in [-0.3, -0.25) is 9.20 Å². The number of benzene rings is 1. The predicted octanol–water partition coefficient (Wildman–Crippen LogP) is 4.46. The minimum atomic E-state index is -1.17. The number of carboxylic acid groups (broad SMARTS) is 1. The SMILES string of the molecule is Cc1c(-c2ccc3scnc3c2)ccn2c(=O)c(C(=O)O)cc(C3CC3)c12. The van der Waals surface area contributed by atoms with Crippen LogP contribution in [-0.4, -0.2) is 20.5 Å². The van der Waals surface area contributed by atoms with Crippen LogP contribution in [0.4, 0.5) is 0 Å². The minimum absolute atomic E-state index is 0.162. The van der Waals surface area contributed by atoms with Crippen molar-refractivity contribution in [3.63, 3.8) is 0 Å². The fourth-order valence-electron chi connectivity index (χ4n) is 3.79. The van der Waals surface area contributed by atoms with Gasteiger partial charge in [-0.25, -0.2) is 9.78 Å². The van der Waals surface area contributed by atoms with E-state index in [0.717, 1.165) is 50.8 Å². The first-order chi connectivity index (χ1) is 13.0. The fraction of sp³-hybridized carbons (Fsp3) is 0.190. The molecule has 27 heavy (non-hydrogen) atoms. The summed E-state index contributed by atoms with van der Waals surface area (Å²) in [5, 5.41) is 9.41. The third-order valence-corrected chi connectivity index (χ3v) is 6.11. The van der Waals surface area contributed by atoms with Gasteiger partial charge in [0.25, 0.3) is 5.56 Å². The van der Waals surface area contributed by atoms with Crippen LogP contribution in [0.3, 0.4) is 0 Å². The largest absolute Gasteiger partial charge is 0.477 e. The van der Waals surface area contributed by atoms with E-state index in [-0.39, 0.29) is 5.56 Å². The van der Waals surface area contributed by atoms with E-state index in [1.165, 1.54) is 4.40 Å². The first-order valence-corrected chi connectivity index (χ1v) is 9.68. The van der Waals surface area contributed by atoms with Crippen LogP contribution >= 0.6 is 11.3 Å². The normalized spacial score (nSPS) is 14.1. The summed E-state index contributed by atoms with van der Waals surface area (Å²) in [6.07, 6.45) is 3.76. The average molecular weight is 376 g/mol. The highest BCUT2D eigenvalue weighted by atomic mass is 32.1. The minimum Gasteiger partial charge on any atom is -0.477 e. The van der Waals surface area contributed by atoms with Gasteiger partial charge >= 0.3 is 5.97 Å². The number of hydrogen-bond donors (Lipinski definition) is 1. The Bertz CT molecular complexity index is 1300. The molecule has 4 aromatic rings. The van der Waals surface area contributed by atoms with E-state index >= 15 is 0 Å². The molecule has 0 radical (unpaired) electrons. The molecule has 6 heteroatoms. The topological polar surface area (TPSA) is 71.7 Å². The van der Waals surface area contributed by atoms with Crippen molar-refractivity contribution in [3.8, 4) is 11.1 Å². The van der Waals surface area contributed by atoms with Gasteiger partial charge in [-0.05, 0) is 72.2 Å². The predicted molar refractivity (Wildman–Crippen MR) is 106 cm³/mol. The van der Waals surface area contributed by atoms with Gasteiger partial charge in [0.05, 0.1) is 21.2 Å². The van der Waals surface area contributed by atoms with Gasteiger partial charge in [0, 0.05) is 6.20 Å². The van der Waals surface area contributed by atoms with Crippen LogP contribution in [0.2, 0.25) is 0 Å². The Morgan fingerprint density at radius 3 is 2.81 bits per heavy atom. The lowest BCUT2D eigenvalue weighted by molar-refractivity contribution is 0.0694. The molecular formula is C21H16N2O3S. The summed E-state index contributed by atoms with van der Waals surface area (Å²) in [5.41, 5.74) is 7.02. The molecule has 1 aromatic carbocycles. The molecule has 5 rings (SSSR count). The van der Waals surface area contributed by atoms with Gasteiger partial charge in [-0.2, -0.15) is 0 Å². The van der Waals surface area contributed by atoms with E-state index in [2.05, 4.69) is 23.2 Å². The summed E-state index contributed by atoms with van der Waals surface area (Å²) in [6.45, 7) is 2.00. The Morgan fingerprint density at radius 2 is 2.07 bits per heavy atom. The van der Waals surface area contributed by atoms with E-state index in [1.54, 1.807) is 23.6 Å². The number of thiazole rings is 1. The van der Waals surface area contributed by atoms with Crippen molar-refractivity contribution in [2.45, 2.75) is 25.7 Å². The maximum Gasteiger partial charge on any atom is 0.341 e. The van der Waals surface area contributed by atoms with Crippen LogP contribution in [0.15, 0.2) is 46.8 Å². The van der Waals surface area contributed by atoms with Crippen LogP contribution in [0.1, 0.15) is 40.2 Å². The van der Waals surface area contributed by atoms with Gasteiger partial charge in [0.15, 0.2) is 0 Å². The second-order valence-electron chi connectivity index (χ2n) is 7.01. The maximum atomic E-state index is 12.7. The van der Waals surface area contributed by atoms with Gasteiger partial charge in [0.1, 0.15) is 5.56 Å². The van der Waals surface area contributed by atoms with Gasteiger partial charge in [-0.1, -0.05) is 6.07 Å². The number of rotatable bonds is 3. The van der Waals surface area contributed by atoms with Crippen LogP contribution < -0.4 is 5.56 Å². The number of aryl methyl sites for hydroxylation is 1. The molecule has 1 aliphatic carbocycles. The molecule has 1 fully saturated rings. The fourth-order valence-corrected chi connectivity index (χ4v) is 4.45. The molecule has 0 saturated heterocycles. The number of carbonyl (C=O) groups is 1. The first-order valence-electron chi connectivity index (χ1n) is 8.80. The number of aromatic nitrogens is 2. The molecule has 0 bridgehead atoms. The first kappa shape index (κ1) is 16.2. The van der Waals surface area contributed by atoms with Crippen LogP contribution in [-0.2, 0) is 0 Å². The van der Waals surface area contributed by atoms with E-state index in [4.69, 9.17) is 0 Å². The quantitative estimate of drug-likeness (QED) is 0.573. The molecule has 0 atom stereocenters. The highest BCUT2D eigenvalue weighted by Gasteiger charge is 2.29. The third-order valence-electron chi connectivity index (χ3n) is 5.30. The van der Waals surface area contributed by atoms with Crippen molar-refractivity contribution in [2.24, 2.45) is 0 Å². The molecule has 0 unspecified atom stereocenters. The zero-order valence-electron chi connectivity index (χ0n) is 14.6. The van der Waals surface area contributed by atoms with E-state index in [0.29, 0.717) is 5.92 Å². The molecule has 134 valence electrons. The molecule has 1 aliphatic rings. The lowest BCUT2D eigenvalue weighted by atomic mass is 9.96. The molecule has 1 saturated carbocycles. The van der Waals surface area contributed by atoms with E-state index in [9.17, 15) is 14.7 Å². The number of fused-ring (bicyclic) bond motifs is 2. The number of nitrogens with zero attached hydrogens (tertiary/aromatic N) is 2. The molecular weight excluding hydrogens is 360 g/mol. The summed E-state index contributed by atoms with van der Waals surface area (Å²) >= 11 is 1.61. The lowest BCUT2D eigenvalue weighted by Crippen LogP contribution is -2.23. The Hall–Kier alpha value is -2.99. The number of aromatic carboxylic acids is 1. The van der Waals surface area contributed by atoms with Gasteiger partial charge < -0.3 is 5.11 Å². The maximum absolute atomic E-state index is 12.7. The van der Waals surface area contributed by atoms with Crippen molar-refractivity contribution in [2.75, 3.05) is 0 Å². The van der Waals surface area contributed by atoms with Crippen molar-refractivity contribution in [1.29, 1.82) is 0 Å². The second kappa shape index (κ2) is 5.76. The Morgan fingerprint density at radius 1 is 1.26 bits per heavy atom. The van der Waals surface area contributed by atoms with Crippen molar-refractivity contribution >= 4 is 33.0 Å². The molecule has 1 N–H and O–H groups in total. The average Bonchev–Trinajstić information content (AvgIpc) is 3.39. The van der Waals surface area contributed by atoms with E-state index in [1.807, 2.05) is 18.5 Å². The zero-order valence-corrected chi connectivity index (χ0v) is 15.4. The molecule has 0 aliphatic heterocycles. The molecule has 3 heterocycles. The number of hydrogen-bond acceptors (Lipinski definition) is 4. The third kappa shape index (κ3) is 2.48. The Balaban J connectivity index is 1.82. The van der Waals surface area contributed by atoms with Gasteiger partial charge in [-0.15, -0.1) is 11.3 Å². The highest BCUT2D eigenvalue weighted by Crippen LogP contribution is 2.43. The molecule has 3 aromatic heterocycles. The van der Waals surface area contributed by atoms with E-state index < -0.39 is 11.5 Å². The summed E-state index contributed by atoms with van der Waals surface area (Å²) in [4.78, 5) is 28.6. The second-order valence-corrected chi connectivity index (χ2v) is 7.89. The smallest absolute Gasteiger partial charge is 0.341 e.